The van der Waals surface area contributed by atoms with Crippen LogP contribution >= 0.6 is 0 Å². The number of benzene rings is 1. The van der Waals surface area contributed by atoms with Crippen LogP contribution in [0.1, 0.15) is 18.6 Å². The SMILES string of the molecule is C[C@@H]1NS(=O)(=O)O[C@@H]1c1ccc(F)cc1. The van der Waals surface area contributed by atoms with Crippen LogP contribution in [0.5, 0.6) is 0 Å². The van der Waals surface area contributed by atoms with Crippen molar-refractivity contribution in [1.82, 2.24) is 4.72 Å². The van der Waals surface area contributed by atoms with Crippen molar-refractivity contribution in [1.29, 1.82) is 0 Å². The molecule has 0 unspecified atom stereocenters. The number of hydrogen-bond donors (Lipinski definition) is 1. The summed E-state index contributed by atoms with van der Waals surface area (Å²) in [5, 5.41) is 0. The first-order chi connectivity index (χ1) is 6.98. The molecule has 0 saturated carbocycles. The van der Waals surface area contributed by atoms with E-state index in [2.05, 4.69) is 4.72 Å². The molecule has 15 heavy (non-hydrogen) atoms. The maximum absolute atomic E-state index is 12.6. The summed E-state index contributed by atoms with van der Waals surface area (Å²) in [7, 11) is -3.65. The van der Waals surface area contributed by atoms with Gasteiger partial charge < -0.3 is 0 Å². The highest BCUT2D eigenvalue weighted by Gasteiger charge is 2.35. The van der Waals surface area contributed by atoms with Gasteiger partial charge in [0.1, 0.15) is 11.9 Å². The second-order valence-electron chi connectivity index (χ2n) is 3.43. The predicted octanol–water partition coefficient (Wildman–Crippen LogP) is 1.12. The summed E-state index contributed by atoms with van der Waals surface area (Å²) in [6, 6.07) is 5.23. The van der Waals surface area contributed by atoms with Crippen molar-refractivity contribution in [2.75, 3.05) is 0 Å². The minimum absolute atomic E-state index is 0.347. The molecule has 1 fully saturated rings. The highest BCUT2D eigenvalue weighted by atomic mass is 32.2. The van der Waals surface area contributed by atoms with E-state index < -0.39 is 16.4 Å². The standard InChI is InChI=1S/C9H10FNO3S/c1-6-9(14-15(12,13)11-6)7-2-4-8(10)5-3-7/h2-6,9,11H,1H3/t6-,9-/m0/s1. The molecule has 0 amide bonds. The lowest BCUT2D eigenvalue weighted by atomic mass is 10.0. The average Bonchev–Trinajstić information content (AvgIpc) is 2.41. The Bertz CT molecular complexity index is 457. The molecule has 1 aliphatic rings. The lowest BCUT2D eigenvalue weighted by molar-refractivity contribution is 0.225. The first-order valence-corrected chi connectivity index (χ1v) is 5.85. The van der Waals surface area contributed by atoms with Gasteiger partial charge in [-0.25, -0.2) is 8.57 Å². The second-order valence-corrected chi connectivity index (χ2v) is 4.77. The number of hydrogen-bond acceptors (Lipinski definition) is 3. The lowest BCUT2D eigenvalue weighted by Crippen LogP contribution is -2.24. The van der Waals surface area contributed by atoms with Crippen LogP contribution < -0.4 is 4.72 Å². The van der Waals surface area contributed by atoms with Crippen LogP contribution in [0.15, 0.2) is 24.3 Å². The molecule has 0 aromatic heterocycles. The Morgan fingerprint density at radius 2 is 1.93 bits per heavy atom. The third-order valence-electron chi connectivity index (χ3n) is 2.21. The molecule has 1 N–H and O–H groups in total. The zero-order chi connectivity index (χ0) is 11.1. The van der Waals surface area contributed by atoms with Crippen molar-refractivity contribution >= 4 is 10.3 Å². The van der Waals surface area contributed by atoms with E-state index in [9.17, 15) is 12.8 Å². The summed E-state index contributed by atoms with van der Waals surface area (Å²) in [5.74, 6) is -0.361. The van der Waals surface area contributed by atoms with Crippen LogP contribution in [0.4, 0.5) is 4.39 Å². The molecular formula is C9H10FNO3S. The largest absolute Gasteiger partial charge is 0.336 e. The van der Waals surface area contributed by atoms with Gasteiger partial charge in [0.05, 0.1) is 6.04 Å². The zero-order valence-electron chi connectivity index (χ0n) is 7.98. The number of nitrogens with one attached hydrogen (secondary N) is 1. The second kappa shape index (κ2) is 3.55. The Morgan fingerprint density at radius 1 is 1.33 bits per heavy atom. The van der Waals surface area contributed by atoms with Gasteiger partial charge >= 0.3 is 10.3 Å². The average molecular weight is 231 g/mol. The van der Waals surface area contributed by atoms with Crippen LogP contribution in [-0.4, -0.2) is 14.5 Å². The lowest BCUT2D eigenvalue weighted by Gasteiger charge is -2.11. The van der Waals surface area contributed by atoms with Crippen LogP contribution in [0.3, 0.4) is 0 Å². The molecule has 2 rings (SSSR count). The predicted molar refractivity (Wildman–Crippen MR) is 51.7 cm³/mol. The minimum atomic E-state index is -3.65. The van der Waals surface area contributed by atoms with E-state index in [4.69, 9.17) is 4.18 Å². The molecule has 1 saturated heterocycles. The molecule has 1 aliphatic heterocycles. The third-order valence-corrected chi connectivity index (χ3v) is 3.33. The van der Waals surface area contributed by atoms with E-state index in [0.29, 0.717) is 5.56 Å². The molecular weight excluding hydrogens is 221 g/mol. The molecule has 6 heteroatoms. The number of halogens is 1. The molecule has 0 spiro atoms. The Hall–Kier alpha value is -0.980. The van der Waals surface area contributed by atoms with Crippen molar-refractivity contribution in [2.45, 2.75) is 19.1 Å². The first-order valence-electron chi connectivity index (χ1n) is 4.44. The normalized spacial score (nSPS) is 29.2. The smallest absolute Gasteiger partial charge is 0.248 e. The highest BCUT2D eigenvalue weighted by Crippen LogP contribution is 2.28. The van der Waals surface area contributed by atoms with Gasteiger partial charge in [-0.3, -0.25) is 0 Å². The Morgan fingerprint density at radius 3 is 2.40 bits per heavy atom. The third kappa shape index (κ3) is 2.17. The maximum Gasteiger partial charge on any atom is 0.336 e. The minimum Gasteiger partial charge on any atom is -0.248 e. The molecule has 4 nitrogen and oxygen atoms in total. The molecule has 1 aromatic carbocycles. The van der Waals surface area contributed by atoms with Crippen molar-refractivity contribution in [2.24, 2.45) is 0 Å². The van der Waals surface area contributed by atoms with Gasteiger partial charge in [-0.1, -0.05) is 12.1 Å². The maximum atomic E-state index is 12.6. The molecule has 82 valence electrons. The summed E-state index contributed by atoms with van der Waals surface area (Å²) in [5.41, 5.74) is 0.637. The number of rotatable bonds is 1. The first kappa shape index (κ1) is 10.5. The summed E-state index contributed by atoms with van der Waals surface area (Å²) in [6.07, 6.45) is -0.587. The molecule has 1 aromatic rings. The van der Waals surface area contributed by atoms with Crippen molar-refractivity contribution in [3.8, 4) is 0 Å². The van der Waals surface area contributed by atoms with Gasteiger partial charge in [-0.15, -0.1) is 0 Å². The van der Waals surface area contributed by atoms with Gasteiger partial charge in [0.25, 0.3) is 0 Å². The fraction of sp³-hybridized carbons (Fsp3) is 0.333. The van der Waals surface area contributed by atoms with E-state index in [1.54, 1.807) is 6.92 Å². The molecule has 0 aliphatic carbocycles. The van der Waals surface area contributed by atoms with Gasteiger partial charge in [-0.2, -0.15) is 13.1 Å². The van der Waals surface area contributed by atoms with Crippen LogP contribution in [-0.2, 0) is 14.5 Å². The quantitative estimate of drug-likeness (QED) is 0.788. The Balaban J connectivity index is 2.29. The Kier molecular flexibility index (Phi) is 2.49. The van der Waals surface area contributed by atoms with E-state index in [0.717, 1.165) is 0 Å². The van der Waals surface area contributed by atoms with E-state index in [1.165, 1.54) is 24.3 Å². The topological polar surface area (TPSA) is 55.4 Å². The van der Waals surface area contributed by atoms with Crippen LogP contribution in [0, 0.1) is 5.82 Å². The van der Waals surface area contributed by atoms with Crippen LogP contribution in [0.2, 0.25) is 0 Å². The fourth-order valence-electron chi connectivity index (χ4n) is 1.53. The summed E-state index contributed by atoms with van der Waals surface area (Å²) in [4.78, 5) is 0. The van der Waals surface area contributed by atoms with Gasteiger partial charge in [0.15, 0.2) is 0 Å². The molecule has 1 heterocycles. The van der Waals surface area contributed by atoms with E-state index in [-0.39, 0.29) is 11.9 Å². The van der Waals surface area contributed by atoms with Crippen molar-refractivity contribution < 1.29 is 17.0 Å². The van der Waals surface area contributed by atoms with Gasteiger partial charge in [0, 0.05) is 0 Å². The van der Waals surface area contributed by atoms with E-state index >= 15 is 0 Å². The van der Waals surface area contributed by atoms with Gasteiger partial charge in [-0.05, 0) is 24.6 Å². The zero-order valence-corrected chi connectivity index (χ0v) is 8.79. The molecule has 2 atom stereocenters. The highest BCUT2D eigenvalue weighted by molar-refractivity contribution is 7.85. The monoisotopic (exact) mass is 231 g/mol. The summed E-state index contributed by atoms with van der Waals surface area (Å²) in [6.45, 7) is 1.69. The Labute approximate surface area is 87.3 Å². The molecule has 0 bridgehead atoms. The molecule has 0 radical (unpaired) electrons. The van der Waals surface area contributed by atoms with Gasteiger partial charge in [0.2, 0.25) is 0 Å². The van der Waals surface area contributed by atoms with Crippen molar-refractivity contribution in [3.63, 3.8) is 0 Å². The van der Waals surface area contributed by atoms with Crippen molar-refractivity contribution in [3.05, 3.63) is 35.6 Å². The van der Waals surface area contributed by atoms with Crippen LogP contribution in [0.25, 0.3) is 0 Å². The summed E-state index contributed by atoms with van der Waals surface area (Å²) >= 11 is 0. The van der Waals surface area contributed by atoms with E-state index in [1.807, 2.05) is 0 Å². The fourth-order valence-corrected chi connectivity index (χ4v) is 2.72. The summed E-state index contributed by atoms with van der Waals surface area (Å²) < 4.78 is 42.0.